The fraction of sp³-hybridized carbons (Fsp3) is 0.364. The van der Waals surface area contributed by atoms with Gasteiger partial charge in [-0.3, -0.25) is 9.59 Å². The van der Waals surface area contributed by atoms with E-state index in [1.165, 1.54) is 0 Å². The summed E-state index contributed by atoms with van der Waals surface area (Å²) in [7, 11) is 0. The number of hydrogen-bond donors (Lipinski definition) is 1. The largest absolute Gasteiger partial charge is 0.481 e. The molecular formula is C22H25ClN2O3. The van der Waals surface area contributed by atoms with Crippen molar-refractivity contribution in [2.75, 3.05) is 18.4 Å². The molecule has 0 spiro atoms. The van der Waals surface area contributed by atoms with Gasteiger partial charge in [0.25, 0.3) is 11.8 Å². The van der Waals surface area contributed by atoms with Crippen molar-refractivity contribution in [3.8, 4) is 5.75 Å². The third kappa shape index (κ3) is 4.84. The smallest absolute Gasteiger partial charge is 0.265 e. The number of benzene rings is 2. The lowest BCUT2D eigenvalue weighted by atomic mass is 10.1. The lowest BCUT2D eigenvalue weighted by Gasteiger charge is -2.27. The van der Waals surface area contributed by atoms with Crippen LogP contribution in [0.3, 0.4) is 0 Å². The van der Waals surface area contributed by atoms with Crippen LogP contribution >= 0.6 is 11.6 Å². The number of para-hydroxylation sites is 1. The molecule has 1 aliphatic rings. The molecule has 0 unspecified atom stereocenters. The minimum absolute atomic E-state index is 0.0440. The van der Waals surface area contributed by atoms with Gasteiger partial charge >= 0.3 is 0 Å². The summed E-state index contributed by atoms with van der Waals surface area (Å²) in [6.45, 7) is 5.07. The number of piperidine rings is 1. The summed E-state index contributed by atoms with van der Waals surface area (Å²) < 4.78 is 5.73. The number of nitrogens with one attached hydrogen (secondary N) is 1. The van der Waals surface area contributed by atoms with Crippen LogP contribution in [0.25, 0.3) is 0 Å². The summed E-state index contributed by atoms with van der Waals surface area (Å²) in [4.78, 5) is 27.3. The van der Waals surface area contributed by atoms with Crippen LogP contribution in [0.4, 0.5) is 5.69 Å². The Morgan fingerprint density at radius 1 is 1.11 bits per heavy atom. The average Bonchev–Trinajstić information content (AvgIpc) is 2.71. The molecule has 1 heterocycles. The molecule has 2 aromatic carbocycles. The number of amides is 2. The van der Waals surface area contributed by atoms with Gasteiger partial charge in [-0.25, -0.2) is 0 Å². The van der Waals surface area contributed by atoms with E-state index in [1.807, 2.05) is 17.9 Å². The maximum atomic E-state index is 12.9. The molecule has 6 heteroatoms. The summed E-state index contributed by atoms with van der Waals surface area (Å²) >= 11 is 6.03. The highest BCUT2D eigenvalue weighted by molar-refractivity contribution is 6.31. The van der Waals surface area contributed by atoms with Crippen LogP contribution in [0.2, 0.25) is 5.02 Å². The van der Waals surface area contributed by atoms with Gasteiger partial charge in [-0.2, -0.15) is 0 Å². The van der Waals surface area contributed by atoms with Crippen LogP contribution in [-0.4, -0.2) is 35.9 Å². The topological polar surface area (TPSA) is 58.6 Å². The standard InChI is InChI=1S/C22H25ClN2O3/c1-15-14-17(10-11-19(15)23)28-16(2)21(26)24-20-9-5-4-8-18(20)22(27)25-12-6-3-7-13-25/h4-5,8-11,14,16H,3,6-7,12-13H2,1-2H3,(H,24,26)/t16-/m0/s1. The van der Waals surface area contributed by atoms with E-state index in [1.54, 1.807) is 43.3 Å². The monoisotopic (exact) mass is 400 g/mol. The molecule has 0 saturated carbocycles. The van der Waals surface area contributed by atoms with Crippen LogP contribution in [0.1, 0.15) is 42.1 Å². The van der Waals surface area contributed by atoms with Crippen molar-refractivity contribution in [2.45, 2.75) is 39.2 Å². The highest BCUT2D eigenvalue weighted by Crippen LogP contribution is 2.23. The third-order valence-corrected chi connectivity index (χ3v) is 5.29. The molecule has 1 fully saturated rings. The van der Waals surface area contributed by atoms with E-state index in [2.05, 4.69) is 5.32 Å². The molecule has 2 amide bonds. The Labute approximate surface area is 170 Å². The van der Waals surface area contributed by atoms with Gasteiger partial charge in [-0.05, 0) is 69.0 Å². The zero-order chi connectivity index (χ0) is 20.1. The minimum Gasteiger partial charge on any atom is -0.481 e. The zero-order valence-electron chi connectivity index (χ0n) is 16.2. The van der Waals surface area contributed by atoms with Crippen molar-refractivity contribution < 1.29 is 14.3 Å². The van der Waals surface area contributed by atoms with E-state index in [-0.39, 0.29) is 11.8 Å². The molecule has 5 nitrogen and oxygen atoms in total. The molecule has 1 N–H and O–H groups in total. The molecule has 0 aromatic heterocycles. The number of rotatable bonds is 5. The average molecular weight is 401 g/mol. The number of aryl methyl sites for hydroxylation is 1. The summed E-state index contributed by atoms with van der Waals surface area (Å²) in [5, 5.41) is 3.49. The predicted molar refractivity (Wildman–Crippen MR) is 111 cm³/mol. The second-order valence-electron chi connectivity index (χ2n) is 7.06. The fourth-order valence-corrected chi connectivity index (χ4v) is 3.35. The van der Waals surface area contributed by atoms with Crippen LogP contribution in [0.5, 0.6) is 5.75 Å². The van der Waals surface area contributed by atoms with Gasteiger partial charge in [0.15, 0.2) is 6.10 Å². The van der Waals surface area contributed by atoms with Crippen molar-refractivity contribution in [1.82, 2.24) is 4.90 Å². The number of ether oxygens (including phenoxy) is 1. The number of anilines is 1. The Bertz CT molecular complexity index is 863. The van der Waals surface area contributed by atoms with Crippen molar-refractivity contribution in [3.63, 3.8) is 0 Å². The van der Waals surface area contributed by atoms with Gasteiger partial charge in [0, 0.05) is 18.1 Å². The molecule has 148 valence electrons. The second-order valence-corrected chi connectivity index (χ2v) is 7.47. The van der Waals surface area contributed by atoms with Gasteiger partial charge in [-0.15, -0.1) is 0 Å². The summed E-state index contributed by atoms with van der Waals surface area (Å²) in [6, 6.07) is 12.4. The summed E-state index contributed by atoms with van der Waals surface area (Å²) in [6.07, 6.45) is 2.47. The van der Waals surface area contributed by atoms with Gasteiger partial charge in [0.1, 0.15) is 5.75 Å². The van der Waals surface area contributed by atoms with Gasteiger partial charge in [0.05, 0.1) is 11.3 Å². The first-order valence-corrected chi connectivity index (χ1v) is 9.95. The number of carbonyl (C=O) groups is 2. The third-order valence-electron chi connectivity index (χ3n) is 4.87. The van der Waals surface area contributed by atoms with E-state index in [0.29, 0.717) is 22.0 Å². The van der Waals surface area contributed by atoms with Crippen molar-refractivity contribution >= 4 is 29.1 Å². The summed E-state index contributed by atoms with van der Waals surface area (Å²) in [5.41, 5.74) is 1.89. The first-order chi connectivity index (χ1) is 13.5. The molecule has 3 rings (SSSR count). The normalized spacial score (nSPS) is 15.0. The molecule has 1 aliphatic heterocycles. The Hall–Kier alpha value is -2.53. The molecule has 2 aromatic rings. The number of hydrogen-bond acceptors (Lipinski definition) is 3. The van der Waals surface area contributed by atoms with Crippen molar-refractivity contribution in [2.24, 2.45) is 0 Å². The first kappa shape index (κ1) is 20.2. The minimum atomic E-state index is -0.723. The lowest BCUT2D eigenvalue weighted by molar-refractivity contribution is -0.122. The molecular weight excluding hydrogens is 376 g/mol. The maximum absolute atomic E-state index is 12.9. The maximum Gasteiger partial charge on any atom is 0.265 e. The Morgan fingerprint density at radius 3 is 2.54 bits per heavy atom. The van der Waals surface area contributed by atoms with E-state index in [9.17, 15) is 9.59 Å². The SMILES string of the molecule is Cc1cc(O[C@@H](C)C(=O)Nc2ccccc2C(=O)N2CCCCC2)ccc1Cl. The Kier molecular flexibility index (Phi) is 6.57. The quantitative estimate of drug-likeness (QED) is 0.792. The van der Waals surface area contributed by atoms with Gasteiger partial charge in [0.2, 0.25) is 0 Å². The van der Waals surface area contributed by atoms with E-state index >= 15 is 0 Å². The highest BCUT2D eigenvalue weighted by atomic mass is 35.5. The first-order valence-electron chi connectivity index (χ1n) is 9.57. The Balaban J connectivity index is 1.69. The van der Waals surface area contributed by atoms with E-state index < -0.39 is 6.10 Å². The number of nitrogens with zero attached hydrogens (tertiary/aromatic N) is 1. The molecule has 0 radical (unpaired) electrons. The molecule has 28 heavy (non-hydrogen) atoms. The van der Waals surface area contributed by atoms with Gasteiger partial charge < -0.3 is 15.0 Å². The second kappa shape index (κ2) is 9.11. The van der Waals surface area contributed by atoms with Gasteiger partial charge in [-0.1, -0.05) is 23.7 Å². The van der Waals surface area contributed by atoms with E-state index in [0.717, 1.165) is 37.9 Å². The summed E-state index contributed by atoms with van der Waals surface area (Å²) in [5.74, 6) is 0.214. The zero-order valence-corrected chi connectivity index (χ0v) is 17.0. The van der Waals surface area contributed by atoms with Crippen LogP contribution < -0.4 is 10.1 Å². The Morgan fingerprint density at radius 2 is 1.82 bits per heavy atom. The number of likely N-dealkylation sites (tertiary alicyclic amines) is 1. The van der Waals surface area contributed by atoms with Crippen LogP contribution in [0, 0.1) is 6.92 Å². The lowest BCUT2D eigenvalue weighted by Crippen LogP contribution is -2.36. The number of carbonyl (C=O) groups excluding carboxylic acids is 2. The molecule has 0 bridgehead atoms. The van der Waals surface area contributed by atoms with E-state index in [4.69, 9.17) is 16.3 Å². The molecule has 0 aliphatic carbocycles. The van der Waals surface area contributed by atoms with Crippen molar-refractivity contribution in [3.05, 3.63) is 58.6 Å². The predicted octanol–water partition coefficient (Wildman–Crippen LogP) is 4.68. The number of halogens is 1. The molecule has 1 saturated heterocycles. The highest BCUT2D eigenvalue weighted by Gasteiger charge is 2.23. The van der Waals surface area contributed by atoms with Crippen molar-refractivity contribution in [1.29, 1.82) is 0 Å². The van der Waals surface area contributed by atoms with Crippen LogP contribution in [-0.2, 0) is 4.79 Å². The fourth-order valence-electron chi connectivity index (χ4n) is 3.23. The van der Waals surface area contributed by atoms with Crippen LogP contribution in [0.15, 0.2) is 42.5 Å². The molecule has 1 atom stereocenters.